The van der Waals surface area contributed by atoms with Gasteiger partial charge in [-0.3, -0.25) is 9.80 Å². The van der Waals surface area contributed by atoms with Crippen molar-refractivity contribution >= 4 is 33.5 Å². The van der Waals surface area contributed by atoms with Crippen molar-refractivity contribution in [1.82, 2.24) is 9.80 Å². The van der Waals surface area contributed by atoms with Crippen molar-refractivity contribution in [1.29, 1.82) is 0 Å². The predicted octanol–water partition coefficient (Wildman–Crippen LogP) is 9.25. The van der Waals surface area contributed by atoms with E-state index in [2.05, 4.69) is 72.8 Å². The van der Waals surface area contributed by atoms with Gasteiger partial charge in [0, 0.05) is 24.0 Å². The molecule has 0 aliphatic rings. The van der Waals surface area contributed by atoms with Gasteiger partial charge in [0.15, 0.2) is 11.4 Å². The minimum absolute atomic E-state index is 0.467. The lowest BCUT2D eigenvalue weighted by molar-refractivity contribution is -0.211. The van der Waals surface area contributed by atoms with Crippen LogP contribution in [0.4, 0.5) is 0 Å². The zero-order valence-electron chi connectivity index (χ0n) is 30.6. The molecule has 6 aromatic rings. The van der Waals surface area contributed by atoms with Gasteiger partial charge in [0.1, 0.15) is 0 Å². The first-order chi connectivity index (χ1) is 25.2. The van der Waals surface area contributed by atoms with E-state index in [0.29, 0.717) is 25.7 Å². The lowest BCUT2D eigenvalue weighted by Crippen LogP contribution is -2.50. The molecule has 6 nitrogen and oxygen atoms in total. The van der Waals surface area contributed by atoms with Crippen LogP contribution in [0.1, 0.15) is 47.9 Å². The van der Waals surface area contributed by atoms with Crippen LogP contribution in [0.2, 0.25) is 0 Å². The van der Waals surface area contributed by atoms with Crippen LogP contribution in [0, 0.1) is 0 Å². The SMILES string of the molecule is CN(C)C(CCCc1cccc2ccccc12)(OC(=O)C(=O)OC(CCCc1cccc2ccccc12)(c1ccccc1)N(C)C)c1ccccc1. The van der Waals surface area contributed by atoms with E-state index >= 15 is 0 Å². The average Bonchev–Trinajstić information content (AvgIpc) is 3.17. The number of fused-ring (bicyclic) bond motifs is 2. The third-order valence-corrected chi connectivity index (χ3v) is 10.3. The molecule has 2 atom stereocenters. The zero-order valence-corrected chi connectivity index (χ0v) is 30.6. The Labute approximate surface area is 307 Å². The Bertz CT molecular complexity index is 1950. The van der Waals surface area contributed by atoms with Gasteiger partial charge in [-0.15, -0.1) is 0 Å². The van der Waals surface area contributed by atoms with Gasteiger partial charge in [-0.1, -0.05) is 146 Å². The first-order valence-electron chi connectivity index (χ1n) is 18.1. The van der Waals surface area contributed by atoms with Crippen LogP contribution in [0.5, 0.6) is 0 Å². The molecule has 0 aliphatic heterocycles. The average molecular weight is 693 g/mol. The highest BCUT2D eigenvalue weighted by atomic mass is 16.6. The Kier molecular flexibility index (Phi) is 11.5. The van der Waals surface area contributed by atoms with Crippen molar-refractivity contribution in [2.45, 2.75) is 50.0 Å². The summed E-state index contributed by atoms with van der Waals surface area (Å²) in [7, 11) is 7.52. The molecule has 6 aromatic carbocycles. The molecule has 266 valence electrons. The number of nitrogens with zero attached hydrogens (tertiary/aromatic N) is 2. The second kappa shape index (κ2) is 16.4. The Morgan fingerprint density at radius 1 is 0.462 bits per heavy atom. The van der Waals surface area contributed by atoms with Gasteiger partial charge in [-0.25, -0.2) is 9.59 Å². The quantitative estimate of drug-likeness (QED) is 0.0645. The summed E-state index contributed by atoms with van der Waals surface area (Å²) in [4.78, 5) is 31.9. The largest absolute Gasteiger partial charge is 0.431 e. The third-order valence-electron chi connectivity index (χ3n) is 10.3. The third kappa shape index (κ3) is 7.79. The highest BCUT2D eigenvalue weighted by molar-refractivity contribution is 6.29. The van der Waals surface area contributed by atoms with Gasteiger partial charge in [-0.2, -0.15) is 0 Å². The van der Waals surface area contributed by atoms with E-state index in [1.807, 2.05) is 111 Å². The van der Waals surface area contributed by atoms with Crippen molar-refractivity contribution in [3.05, 3.63) is 168 Å². The van der Waals surface area contributed by atoms with Crippen LogP contribution in [-0.4, -0.2) is 49.9 Å². The molecule has 0 saturated heterocycles. The second-order valence-corrected chi connectivity index (χ2v) is 13.9. The highest BCUT2D eigenvalue weighted by Gasteiger charge is 2.44. The molecule has 0 heterocycles. The Morgan fingerprint density at radius 3 is 1.19 bits per heavy atom. The number of hydrogen-bond acceptors (Lipinski definition) is 6. The topological polar surface area (TPSA) is 59.1 Å². The molecular weight excluding hydrogens is 645 g/mol. The summed E-state index contributed by atoms with van der Waals surface area (Å²) in [5.41, 5.74) is 1.62. The first-order valence-corrected chi connectivity index (χ1v) is 18.1. The molecular formula is C46H48N2O4. The van der Waals surface area contributed by atoms with E-state index in [1.165, 1.54) is 32.7 Å². The predicted molar refractivity (Wildman–Crippen MR) is 210 cm³/mol. The number of esters is 2. The van der Waals surface area contributed by atoms with Crippen LogP contribution in [0.3, 0.4) is 0 Å². The standard InChI is InChI=1S/C46H48N2O4/c1-47(2)45(39-27-7-5-8-28-39,33-17-25-37-23-15-21-35-19-11-13-31-41(35)37)51-43(49)44(50)52-46(48(3)4,40-29-9-6-10-30-40)34-18-26-38-24-16-22-36-20-12-14-32-42(36)38/h5-16,19-24,27-32H,17-18,25-26,33-34H2,1-4H3. The lowest BCUT2D eigenvalue weighted by atomic mass is 9.92. The van der Waals surface area contributed by atoms with Crippen molar-refractivity contribution in [3.63, 3.8) is 0 Å². The molecule has 0 bridgehead atoms. The fourth-order valence-corrected chi connectivity index (χ4v) is 7.50. The van der Waals surface area contributed by atoms with Crippen molar-refractivity contribution < 1.29 is 19.1 Å². The van der Waals surface area contributed by atoms with E-state index < -0.39 is 23.4 Å². The zero-order chi connectivity index (χ0) is 36.6. The number of rotatable bonds is 14. The smallest absolute Gasteiger partial charge is 0.419 e. The Hall–Kier alpha value is -5.30. The van der Waals surface area contributed by atoms with Crippen LogP contribution < -0.4 is 0 Å². The summed E-state index contributed by atoms with van der Waals surface area (Å²) < 4.78 is 12.7. The summed E-state index contributed by atoms with van der Waals surface area (Å²) in [6, 6.07) is 48.7. The number of benzene rings is 6. The maximum atomic E-state index is 14.1. The molecule has 0 N–H and O–H groups in total. The molecule has 0 saturated carbocycles. The number of hydrogen-bond donors (Lipinski definition) is 0. The van der Waals surface area contributed by atoms with E-state index in [4.69, 9.17) is 9.47 Å². The maximum absolute atomic E-state index is 14.1. The van der Waals surface area contributed by atoms with E-state index in [0.717, 1.165) is 24.0 Å². The molecule has 52 heavy (non-hydrogen) atoms. The van der Waals surface area contributed by atoms with Crippen LogP contribution in [0.25, 0.3) is 21.5 Å². The number of carbonyl (C=O) groups excluding carboxylic acids is 2. The van der Waals surface area contributed by atoms with Crippen molar-refractivity contribution in [3.8, 4) is 0 Å². The molecule has 2 unspecified atom stereocenters. The molecule has 0 aromatic heterocycles. The molecule has 0 fully saturated rings. The van der Waals surface area contributed by atoms with Crippen LogP contribution >= 0.6 is 0 Å². The van der Waals surface area contributed by atoms with Gasteiger partial charge < -0.3 is 9.47 Å². The maximum Gasteiger partial charge on any atom is 0.419 e. The normalized spacial score (nSPS) is 13.9. The minimum Gasteiger partial charge on any atom is -0.431 e. The van der Waals surface area contributed by atoms with Crippen LogP contribution in [0.15, 0.2) is 146 Å². The second-order valence-electron chi connectivity index (χ2n) is 13.9. The van der Waals surface area contributed by atoms with Crippen molar-refractivity contribution in [2.75, 3.05) is 28.2 Å². The molecule has 0 amide bonds. The van der Waals surface area contributed by atoms with Gasteiger partial charge in [-0.05, 0) is 86.5 Å². The van der Waals surface area contributed by atoms with Gasteiger partial charge in [0.05, 0.1) is 0 Å². The first kappa shape index (κ1) is 36.5. The molecule has 6 rings (SSSR count). The molecule has 0 radical (unpaired) electrons. The Balaban J connectivity index is 1.25. The molecule has 6 heteroatoms. The lowest BCUT2D eigenvalue weighted by Gasteiger charge is -2.41. The van der Waals surface area contributed by atoms with Gasteiger partial charge in [0.25, 0.3) is 0 Å². The Morgan fingerprint density at radius 2 is 0.808 bits per heavy atom. The minimum atomic E-state index is -1.20. The van der Waals surface area contributed by atoms with E-state index in [9.17, 15) is 9.59 Å². The highest BCUT2D eigenvalue weighted by Crippen LogP contribution is 2.37. The van der Waals surface area contributed by atoms with Gasteiger partial charge in [0.2, 0.25) is 0 Å². The fourth-order valence-electron chi connectivity index (χ4n) is 7.50. The fraction of sp³-hybridized carbons (Fsp3) is 0.261. The summed E-state index contributed by atoms with van der Waals surface area (Å²) in [5.74, 6) is -2.06. The van der Waals surface area contributed by atoms with Crippen LogP contribution in [-0.2, 0) is 43.4 Å². The summed E-state index contributed by atoms with van der Waals surface area (Å²) in [5, 5.41) is 4.80. The van der Waals surface area contributed by atoms with Crippen molar-refractivity contribution in [2.24, 2.45) is 0 Å². The summed E-state index contributed by atoms with van der Waals surface area (Å²) >= 11 is 0. The van der Waals surface area contributed by atoms with E-state index in [1.54, 1.807) is 0 Å². The number of ether oxygens (including phenoxy) is 2. The summed E-state index contributed by atoms with van der Waals surface area (Å²) in [6.45, 7) is 0. The van der Waals surface area contributed by atoms with E-state index in [-0.39, 0.29) is 0 Å². The monoisotopic (exact) mass is 692 g/mol. The number of aryl methyl sites for hydroxylation is 2. The molecule has 0 spiro atoms. The summed E-state index contributed by atoms with van der Waals surface area (Å²) in [6.07, 6.45) is 3.91. The number of carbonyl (C=O) groups is 2. The molecule has 0 aliphatic carbocycles. The van der Waals surface area contributed by atoms with Gasteiger partial charge >= 0.3 is 11.9 Å².